The highest BCUT2D eigenvalue weighted by Gasteiger charge is 2.27. The van der Waals surface area contributed by atoms with E-state index in [4.69, 9.17) is 10.7 Å². The van der Waals surface area contributed by atoms with Crippen molar-refractivity contribution in [1.29, 1.82) is 0 Å². The van der Waals surface area contributed by atoms with Gasteiger partial charge in [0.2, 0.25) is 5.91 Å². The minimum atomic E-state index is -0.304. The van der Waals surface area contributed by atoms with Crippen molar-refractivity contribution >= 4 is 5.91 Å². The molecule has 4 heteroatoms. The Balaban J connectivity index is 2.33. The third-order valence-corrected chi connectivity index (χ3v) is 2.88. The van der Waals surface area contributed by atoms with Crippen LogP contribution in [-0.2, 0) is 9.63 Å². The summed E-state index contributed by atoms with van der Waals surface area (Å²) >= 11 is 0. The van der Waals surface area contributed by atoms with Crippen LogP contribution in [0.25, 0.3) is 0 Å². The average Bonchev–Trinajstić information content (AvgIpc) is 2.17. The standard InChI is InChI=1S/C11H22N2O2/c1-11(2,3)10(14)13-8-4-6-9(15-12)7-5-8/h8-9H,4-7,12H2,1-3H3,(H,13,14). The summed E-state index contributed by atoms with van der Waals surface area (Å²) in [7, 11) is 0. The minimum absolute atomic E-state index is 0.125. The van der Waals surface area contributed by atoms with Crippen LogP contribution < -0.4 is 11.2 Å². The Morgan fingerprint density at radius 2 is 1.80 bits per heavy atom. The number of nitrogens with two attached hydrogens (primary N) is 1. The molecular weight excluding hydrogens is 192 g/mol. The molecule has 1 saturated carbocycles. The fraction of sp³-hybridized carbons (Fsp3) is 0.909. The van der Waals surface area contributed by atoms with Gasteiger partial charge in [0.1, 0.15) is 0 Å². The van der Waals surface area contributed by atoms with Crippen molar-refractivity contribution in [3.05, 3.63) is 0 Å². The number of carbonyl (C=O) groups is 1. The van der Waals surface area contributed by atoms with Crippen molar-refractivity contribution in [1.82, 2.24) is 5.32 Å². The summed E-state index contributed by atoms with van der Waals surface area (Å²) in [5.41, 5.74) is -0.304. The van der Waals surface area contributed by atoms with E-state index in [9.17, 15) is 4.79 Å². The van der Waals surface area contributed by atoms with Crippen molar-refractivity contribution in [3.63, 3.8) is 0 Å². The lowest BCUT2D eigenvalue weighted by atomic mass is 9.90. The van der Waals surface area contributed by atoms with Gasteiger partial charge in [-0.3, -0.25) is 4.79 Å². The average molecular weight is 214 g/mol. The molecule has 0 aliphatic heterocycles. The molecule has 0 aromatic rings. The van der Waals surface area contributed by atoms with Gasteiger partial charge in [-0.25, -0.2) is 5.90 Å². The highest BCUT2D eigenvalue weighted by molar-refractivity contribution is 5.81. The second-order valence-corrected chi connectivity index (χ2v) is 5.33. The first-order chi connectivity index (χ1) is 6.93. The Morgan fingerprint density at radius 3 is 2.20 bits per heavy atom. The number of amides is 1. The molecule has 0 heterocycles. The second kappa shape index (κ2) is 4.94. The Kier molecular flexibility index (Phi) is 4.11. The quantitative estimate of drug-likeness (QED) is 0.682. The summed E-state index contributed by atoms with van der Waals surface area (Å²) < 4.78 is 0. The lowest BCUT2D eigenvalue weighted by molar-refractivity contribution is -0.129. The topological polar surface area (TPSA) is 64.3 Å². The van der Waals surface area contributed by atoms with E-state index >= 15 is 0 Å². The van der Waals surface area contributed by atoms with E-state index in [1.54, 1.807) is 0 Å². The predicted molar refractivity (Wildman–Crippen MR) is 58.9 cm³/mol. The van der Waals surface area contributed by atoms with Crippen molar-refractivity contribution in [3.8, 4) is 0 Å². The highest BCUT2D eigenvalue weighted by atomic mass is 16.6. The van der Waals surface area contributed by atoms with Gasteiger partial charge in [-0.05, 0) is 25.7 Å². The molecule has 1 amide bonds. The molecule has 1 aliphatic rings. The van der Waals surface area contributed by atoms with Crippen LogP contribution in [0.4, 0.5) is 0 Å². The maximum Gasteiger partial charge on any atom is 0.225 e. The summed E-state index contributed by atoms with van der Waals surface area (Å²) in [6.07, 6.45) is 3.97. The monoisotopic (exact) mass is 214 g/mol. The molecule has 0 aromatic carbocycles. The molecule has 0 spiro atoms. The van der Waals surface area contributed by atoms with Crippen LogP contribution in [0.15, 0.2) is 0 Å². The fourth-order valence-electron chi connectivity index (χ4n) is 1.75. The molecule has 0 saturated heterocycles. The molecule has 88 valence electrons. The summed E-state index contributed by atoms with van der Waals surface area (Å²) in [6, 6.07) is 0.295. The predicted octanol–water partition coefficient (Wildman–Crippen LogP) is 1.35. The largest absolute Gasteiger partial charge is 0.353 e. The number of hydrogen-bond acceptors (Lipinski definition) is 3. The van der Waals surface area contributed by atoms with Crippen molar-refractivity contribution < 1.29 is 9.63 Å². The zero-order valence-corrected chi connectivity index (χ0v) is 9.88. The van der Waals surface area contributed by atoms with Crippen LogP contribution in [0, 0.1) is 5.41 Å². The molecule has 0 aromatic heterocycles. The van der Waals surface area contributed by atoms with Gasteiger partial charge in [-0.1, -0.05) is 20.8 Å². The van der Waals surface area contributed by atoms with Crippen molar-refractivity contribution in [2.45, 2.75) is 58.6 Å². The molecule has 0 radical (unpaired) electrons. The highest BCUT2D eigenvalue weighted by Crippen LogP contribution is 2.21. The second-order valence-electron chi connectivity index (χ2n) is 5.33. The first-order valence-electron chi connectivity index (χ1n) is 5.60. The Hall–Kier alpha value is -0.610. The molecule has 15 heavy (non-hydrogen) atoms. The van der Waals surface area contributed by atoms with Crippen LogP contribution in [-0.4, -0.2) is 18.1 Å². The van der Waals surface area contributed by atoms with Gasteiger partial charge < -0.3 is 10.2 Å². The van der Waals surface area contributed by atoms with E-state index in [-0.39, 0.29) is 17.4 Å². The molecule has 1 aliphatic carbocycles. The van der Waals surface area contributed by atoms with E-state index in [0.29, 0.717) is 6.04 Å². The van der Waals surface area contributed by atoms with E-state index < -0.39 is 0 Å². The van der Waals surface area contributed by atoms with Crippen LogP contribution in [0.1, 0.15) is 46.5 Å². The van der Waals surface area contributed by atoms with Crippen LogP contribution in [0.5, 0.6) is 0 Å². The SMILES string of the molecule is CC(C)(C)C(=O)NC1CCC(ON)CC1. The normalized spacial score (nSPS) is 27.5. The zero-order chi connectivity index (χ0) is 11.5. The summed E-state index contributed by atoms with van der Waals surface area (Å²) in [5.74, 6) is 5.26. The van der Waals surface area contributed by atoms with Gasteiger partial charge in [0.25, 0.3) is 0 Å². The zero-order valence-electron chi connectivity index (χ0n) is 9.88. The minimum Gasteiger partial charge on any atom is -0.353 e. The Labute approximate surface area is 91.5 Å². The maximum absolute atomic E-state index is 11.7. The number of carbonyl (C=O) groups excluding carboxylic acids is 1. The van der Waals surface area contributed by atoms with Gasteiger partial charge >= 0.3 is 0 Å². The molecule has 1 fully saturated rings. The van der Waals surface area contributed by atoms with Crippen molar-refractivity contribution in [2.24, 2.45) is 11.3 Å². The molecule has 0 bridgehead atoms. The first kappa shape index (κ1) is 12.5. The fourth-order valence-corrected chi connectivity index (χ4v) is 1.75. The first-order valence-corrected chi connectivity index (χ1v) is 5.60. The summed E-state index contributed by atoms with van der Waals surface area (Å²) in [6.45, 7) is 5.78. The number of rotatable bonds is 2. The molecule has 0 atom stereocenters. The van der Waals surface area contributed by atoms with E-state index in [2.05, 4.69) is 5.32 Å². The molecule has 3 N–H and O–H groups in total. The van der Waals surface area contributed by atoms with Gasteiger partial charge in [0, 0.05) is 11.5 Å². The third kappa shape index (κ3) is 3.80. The van der Waals surface area contributed by atoms with E-state index in [1.807, 2.05) is 20.8 Å². The van der Waals surface area contributed by atoms with Crippen LogP contribution >= 0.6 is 0 Å². The lowest BCUT2D eigenvalue weighted by Crippen LogP contribution is -2.44. The smallest absolute Gasteiger partial charge is 0.225 e. The summed E-state index contributed by atoms with van der Waals surface area (Å²) in [5, 5.41) is 3.07. The molecule has 1 rings (SSSR count). The third-order valence-electron chi connectivity index (χ3n) is 2.88. The van der Waals surface area contributed by atoms with E-state index in [0.717, 1.165) is 25.7 Å². The number of hydrogen-bond donors (Lipinski definition) is 2. The van der Waals surface area contributed by atoms with Crippen LogP contribution in [0.2, 0.25) is 0 Å². The molecule has 0 unspecified atom stereocenters. The lowest BCUT2D eigenvalue weighted by Gasteiger charge is -2.30. The van der Waals surface area contributed by atoms with Gasteiger partial charge in [-0.2, -0.15) is 0 Å². The van der Waals surface area contributed by atoms with E-state index in [1.165, 1.54) is 0 Å². The van der Waals surface area contributed by atoms with Crippen molar-refractivity contribution in [2.75, 3.05) is 0 Å². The molecular formula is C11H22N2O2. The number of nitrogens with one attached hydrogen (secondary N) is 1. The van der Waals surface area contributed by atoms with Gasteiger partial charge in [0.05, 0.1) is 6.10 Å². The summed E-state index contributed by atoms with van der Waals surface area (Å²) in [4.78, 5) is 16.5. The Morgan fingerprint density at radius 1 is 1.27 bits per heavy atom. The van der Waals surface area contributed by atoms with Crippen LogP contribution in [0.3, 0.4) is 0 Å². The molecule has 4 nitrogen and oxygen atoms in total. The van der Waals surface area contributed by atoms with Gasteiger partial charge in [0.15, 0.2) is 0 Å². The van der Waals surface area contributed by atoms with Gasteiger partial charge in [-0.15, -0.1) is 0 Å². The Bertz CT molecular complexity index is 215. The maximum atomic E-state index is 11.7.